The lowest BCUT2D eigenvalue weighted by Crippen LogP contribution is -2.01. The minimum atomic E-state index is -0.476. The molecule has 1 aromatic carbocycles. The van der Waals surface area contributed by atoms with Gasteiger partial charge in [-0.1, -0.05) is 11.8 Å². The predicted octanol–water partition coefficient (Wildman–Crippen LogP) is 1.90. The Kier molecular flexibility index (Phi) is 4.70. The molecule has 0 amide bonds. The highest BCUT2D eigenvalue weighted by Gasteiger charge is 2.02. The number of benzene rings is 1. The second-order valence-corrected chi connectivity index (χ2v) is 3.09. The molecule has 0 saturated heterocycles. The van der Waals surface area contributed by atoms with E-state index >= 15 is 0 Å². The summed E-state index contributed by atoms with van der Waals surface area (Å²) in [5.74, 6) is 4.99. The molecule has 0 atom stereocenters. The lowest BCUT2D eigenvalue weighted by Gasteiger charge is -1.94. The first-order chi connectivity index (χ1) is 8.13. The van der Waals surface area contributed by atoms with Crippen molar-refractivity contribution < 1.29 is 14.5 Å². The van der Waals surface area contributed by atoms with Crippen molar-refractivity contribution in [3.8, 4) is 11.8 Å². The number of esters is 1. The van der Waals surface area contributed by atoms with Crippen LogP contribution >= 0.6 is 0 Å². The monoisotopic (exact) mass is 233 g/mol. The van der Waals surface area contributed by atoms with Crippen LogP contribution in [0.15, 0.2) is 24.3 Å². The topological polar surface area (TPSA) is 69.4 Å². The summed E-state index contributed by atoms with van der Waals surface area (Å²) in [6.07, 6.45) is 0.0187. The highest BCUT2D eigenvalue weighted by molar-refractivity contribution is 5.72. The van der Waals surface area contributed by atoms with Gasteiger partial charge in [-0.05, 0) is 19.1 Å². The third-order valence-corrected chi connectivity index (χ3v) is 1.85. The van der Waals surface area contributed by atoms with Crippen LogP contribution in [-0.4, -0.2) is 17.5 Å². The zero-order chi connectivity index (χ0) is 12.7. The molecule has 0 spiro atoms. The van der Waals surface area contributed by atoms with Crippen molar-refractivity contribution in [3.05, 3.63) is 39.9 Å². The predicted molar refractivity (Wildman–Crippen MR) is 61.2 cm³/mol. The van der Waals surface area contributed by atoms with Crippen molar-refractivity contribution in [2.75, 3.05) is 6.61 Å². The molecule has 0 aromatic heterocycles. The number of hydrogen-bond acceptors (Lipinski definition) is 4. The van der Waals surface area contributed by atoms with Crippen LogP contribution in [0.2, 0.25) is 0 Å². The second kappa shape index (κ2) is 6.28. The van der Waals surface area contributed by atoms with E-state index < -0.39 is 4.92 Å². The van der Waals surface area contributed by atoms with E-state index in [0.29, 0.717) is 12.2 Å². The second-order valence-electron chi connectivity index (χ2n) is 3.09. The molecule has 1 aromatic rings. The molecule has 0 aliphatic rings. The molecule has 17 heavy (non-hydrogen) atoms. The van der Waals surface area contributed by atoms with Crippen LogP contribution in [0.4, 0.5) is 5.69 Å². The van der Waals surface area contributed by atoms with Gasteiger partial charge in [0.25, 0.3) is 5.69 Å². The lowest BCUT2D eigenvalue weighted by atomic mass is 10.2. The van der Waals surface area contributed by atoms with Gasteiger partial charge in [-0.15, -0.1) is 0 Å². The molecular formula is C12H11NO4. The fraction of sp³-hybridized carbons (Fsp3) is 0.250. The maximum absolute atomic E-state index is 11.0. The van der Waals surface area contributed by atoms with Gasteiger partial charge in [-0.3, -0.25) is 14.9 Å². The maximum Gasteiger partial charge on any atom is 0.317 e. The van der Waals surface area contributed by atoms with Crippen molar-refractivity contribution in [3.63, 3.8) is 0 Å². The van der Waals surface area contributed by atoms with Crippen LogP contribution in [0, 0.1) is 22.0 Å². The summed E-state index contributed by atoms with van der Waals surface area (Å²) < 4.78 is 4.70. The smallest absolute Gasteiger partial charge is 0.317 e. The summed E-state index contributed by atoms with van der Waals surface area (Å²) in [6, 6.07) is 5.81. The van der Waals surface area contributed by atoms with Gasteiger partial charge >= 0.3 is 5.97 Å². The lowest BCUT2D eigenvalue weighted by molar-refractivity contribution is -0.384. The average molecular weight is 233 g/mol. The minimum Gasteiger partial charge on any atom is -0.465 e. The zero-order valence-electron chi connectivity index (χ0n) is 9.30. The molecule has 0 unspecified atom stereocenters. The molecule has 0 aliphatic carbocycles. The summed E-state index contributed by atoms with van der Waals surface area (Å²) in [6.45, 7) is 2.06. The molecule has 0 N–H and O–H groups in total. The molecule has 1 rings (SSSR count). The van der Waals surface area contributed by atoms with E-state index in [1.54, 1.807) is 6.92 Å². The van der Waals surface area contributed by atoms with E-state index in [-0.39, 0.29) is 18.1 Å². The van der Waals surface area contributed by atoms with Crippen molar-refractivity contribution in [1.29, 1.82) is 0 Å². The van der Waals surface area contributed by atoms with E-state index in [4.69, 9.17) is 4.74 Å². The van der Waals surface area contributed by atoms with Gasteiger partial charge in [0, 0.05) is 17.7 Å². The molecule has 0 saturated carbocycles. The number of nitro benzene ring substituents is 1. The maximum atomic E-state index is 11.0. The number of nitrogens with zero attached hydrogens (tertiary/aromatic N) is 1. The van der Waals surface area contributed by atoms with E-state index in [0.717, 1.165) is 0 Å². The van der Waals surface area contributed by atoms with Crippen LogP contribution < -0.4 is 0 Å². The SMILES string of the molecule is CCOC(=O)CC#Cc1ccc([N+](=O)[O-])cc1. The molecule has 0 radical (unpaired) electrons. The Hall–Kier alpha value is -2.35. The molecule has 0 aliphatic heterocycles. The van der Waals surface area contributed by atoms with Crippen molar-refractivity contribution in [1.82, 2.24) is 0 Å². The number of nitro groups is 1. The quantitative estimate of drug-likeness (QED) is 0.346. The Morgan fingerprint density at radius 3 is 2.59 bits per heavy atom. The zero-order valence-corrected chi connectivity index (χ0v) is 9.30. The van der Waals surface area contributed by atoms with Gasteiger partial charge in [-0.25, -0.2) is 0 Å². The number of carbonyl (C=O) groups is 1. The minimum absolute atomic E-state index is 0.0148. The molecular weight excluding hydrogens is 222 g/mol. The normalized spacial score (nSPS) is 9.00. The number of hydrogen-bond donors (Lipinski definition) is 0. The fourth-order valence-corrected chi connectivity index (χ4v) is 1.10. The molecule has 0 heterocycles. The highest BCUT2D eigenvalue weighted by atomic mass is 16.6. The number of ether oxygens (including phenoxy) is 1. The number of rotatable bonds is 3. The fourth-order valence-electron chi connectivity index (χ4n) is 1.10. The first-order valence-corrected chi connectivity index (χ1v) is 5.02. The van der Waals surface area contributed by atoms with Crippen LogP contribution in [-0.2, 0) is 9.53 Å². The number of non-ortho nitro benzene ring substituents is 1. The summed E-state index contributed by atoms with van der Waals surface area (Å²) >= 11 is 0. The Balaban J connectivity index is 2.60. The van der Waals surface area contributed by atoms with Gasteiger partial charge < -0.3 is 4.74 Å². The summed E-state index contributed by atoms with van der Waals surface area (Å²) in [4.78, 5) is 20.9. The van der Waals surface area contributed by atoms with E-state index in [2.05, 4.69) is 11.8 Å². The first kappa shape index (κ1) is 12.7. The number of carbonyl (C=O) groups excluding carboxylic acids is 1. The highest BCUT2D eigenvalue weighted by Crippen LogP contribution is 2.10. The summed E-state index contributed by atoms with van der Waals surface area (Å²) in [7, 11) is 0. The third-order valence-electron chi connectivity index (χ3n) is 1.85. The van der Waals surface area contributed by atoms with E-state index in [1.165, 1.54) is 24.3 Å². The Labute approximate surface area is 98.5 Å². The average Bonchev–Trinajstić information content (AvgIpc) is 2.30. The summed E-state index contributed by atoms with van der Waals surface area (Å²) in [5, 5.41) is 10.4. The molecule has 5 nitrogen and oxygen atoms in total. The van der Waals surface area contributed by atoms with Crippen LogP contribution in [0.3, 0.4) is 0 Å². The molecule has 0 bridgehead atoms. The third kappa shape index (κ3) is 4.34. The van der Waals surface area contributed by atoms with E-state index in [9.17, 15) is 14.9 Å². The van der Waals surface area contributed by atoms with Crippen molar-refractivity contribution in [2.45, 2.75) is 13.3 Å². The van der Waals surface area contributed by atoms with Gasteiger partial charge in [-0.2, -0.15) is 0 Å². The van der Waals surface area contributed by atoms with Crippen molar-refractivity contribution in [2.24, 2.45) is 0 Å². The van der Waals surface area contributed by atoms with Gasteiger partial charge in [0.2, 0.25) is 0 Å². The van der Waals surface area contributed by atoms with Gasteiger partial charge in [0.05, 0.1) is 11.5 Å². The molecule has 5 heteroatoms. The van der Waals surface area contributed by atoms with E-state index in [1.807, 2.05) is 0 Å². The van der Waals surface area contributed by atoms with Crippen LogP contribution in [0.1, 0.15) is 18.9 Å². The van der Waals surface area contributed by atoms with Crippen LogP contribution in [0.5, 0.6) is 0 Å². The first-order valence-electron chi connectivity index (χ1n) is 5.02. The Bertz CT molecular complexity index is 468. The largest absolute Gasteiger partial charge is 0.465 e. The standard InChI is InChI=1S/C12H11NO4/c1-2-17-12(14)5-3-4-10-6-8-11(9-7-10)13(15)16/h6-9H,2,5H2,1H3. The van der Waals surface area contributed by atoms with Gasteiger partial charge in [0.15, 0.2) is 0 Å². The molecule has 0 fully saturated rings. The molecule has 88 valence electrons. The summed E-state index contributed by atoms with van der Waals surface area (Å²) in [5.41, 5.74) is 0.640. The Morgan fingerprint density at radius 2 is 2.06 bits per heavy atom. The van der Waals surface area contributed by atoms with Gasteiger partial charge in [0.1, 0.15) is 6.42 Å². The Morgan fingerprint density at radius 1 is 1.41 bits per heavy atom. The van der Waals surface area contributed by atoms with Crippen molar-refractivity contribution >= 4 is 11.7 Å². The van der Waals surface area contributed by atoms with Crippen LogP contribution in [0.25, 0.3) is 0 Å².